The highest BCUT2D eigenvalue weighted by atomic mass is 79.9. The second-order valence-electron chi connectivity index (χ2n) is 4.91. The predicted molar refractivity (Wildman–Crippen MR) is 72.8 cm³/mol. The van der Waals surface area contributed by atoms with E-state index in [1.807, 2.05) is 6.26 Å². The summed E-state index contributed by atoms with van der Waals surface area (Å²) in [5.74, 6) is 1.06. The minimum absolute atomic E-state index is 0.155. The molecular weight excluding hydrogens is 274 g/mol. The van der Waals surface area contributed by atoms with Gasteiger partial charge in [-0.25, -0.2) is 0 Å². The summed E-state index contributed by atoms with van der Waals surface area (Å²) in [5.41, 5.74) is 0.304. The van der Waals surface area contributed by atoms with Gasteiger partial charge in [0.15, 0.2) is 0 Å². The fraction of sp³-hybridized carbons (Fsp3) is 0.909. The zero-order valence-corrected chi connectivity index (χ0v) is 12.5. The molecule has 1 N–H and O–H groups in total. The molecule has 0 aromatic heterocycles. The van der Waals surface area contributed by atoms with Crippen LogP contribution in [0.15, 0.2) is 0 Å². The summed E-state index contributed by atoms with van der Waals surface area (Å²) in [4.78, 5) is 11.7. The zero-order valence-electron chi connectivity index (χ0n) is 10.1. The van der Waals surface area contributed by atoms with Crippen molar-refractivity contribution in [2.24, 2.45) is 5.41 Å². The Balaban J connectivity index is 3.62. The molecule has 1 amide bonds. The molecule has 0 bridgehead atoms. The minimum Gasteiger partial charge on any atom is -0.355 e. The van der Waals surface area contributed by atoms with E-state index in [1.54, 1.807) is 11.8 Å². The van der Waals surface area contributed by atoms with Crippen molar-refractivity contribution < 1.29 is 4.79 Å². The third kappa shape index (κ3) is 10.6. The molecular formula is C11H22BrNOS. The van der Waals surface area contributed by atoms with Crippen LogP contribution in [0.3, 0.4) is 0 Å². The molecule has 1 atom stereocenters. The monoisotopic (exact) mass is 295 g/mol. The number of hydrogen-bond donors (Lipinski definition) is 1. The summed E-state index contributed by atoms with van der Waals surface area (Å²) in [6, 6.07) is 0. The molecule has 0 aliphatic rings. The molecule has 0 aliphatic carbocycles. The van der Waals surface area contributed by atoms with Crippen molar-refractivity contribution in [1.82, 2.24) is 5.32 Å². The van der Waals surface area contributed by atoms with E-state index < -0.39 is 0 Å². The molecule has 0 aromatic carbocycles. The maximum atomic E-state index is 11.3. The highest BCUT2D eigenvalue weighted by Crippen LogP contribution is 2.24. The first kappa shape index (κ1) is 15.3. The van der Waals surface area contributed by atoms with Crippen molar-refractivity contribution in [3.8, 4) is 0 Å². The van der Waals surface area contributed by atoms with Gasteiger partial charge in [0.2, 0.25) is 5.91 Å². The van der Waals surface area contributed by atoms with Crippen LogP contribution in [-0.2, 0) is 4.79 Å². The Kier molecular flexibility index (Phi) is 7.70. The predicted octanol–water partition coefficient (Wildman–Crippen LogP) is 3.06. The quantitative estimate of drug-likeness (QED) is 0.763. The maximum Gasteiger partial charge on any atom is 0.220 e. The van der Waals surface area contributed by atoms with Crippen LogP contribution in [0.4, 0.5) is 0 Å². The first-order valence-electron chi connectivity index (χ1n) is 5.25. The Morgan fingerprint density at radius 2 is 2.07 bits per heavy atom. The fourth-order valence-corrected chi connectivity index (χ4v) is 2.77. The molecule has 15 heavy (non-hydrogen) atoms. The van der Waals surface area contributed by atoms with Crippen LogP contribution in [0.1, 0.15) is 33.6 Å². The van der Waals surface area contributed by atoms with Crippen LogP contribution >= 0.6 is 27.7 Å². The summed E-state index contributed by atoms with van der Waals surface area (Å²) >= 11 is 5.29. The lowest BCUT2D eigenvalue weighted by Crippen LogP contribution is -2.31. The van der Waals surface area contributed by atoms with Gasteiger partial charge in [-0.15, -0.1) is 0 Å². The van der Waals surface area contributed by atoms with Crippen LogP contribution in [-0.4, -0.2) is 29.3 Å². The maximum absolute atomic E-state index is 11.3. The number of nitrogens with one attached hydrogen (secondary N) is 1. The Morgan fingerprint density at radius 3 is 2.53 bits per heavy atom. The summed E-state index contributed by atoms with van der Waals surface area (Å²) < 4.78 is 0. The minimum atomic E-state index is 0.155. The van der Waals surface area contributed by atoms with Gasteiger partial charge in [0.05, 0.1) is 0 Å². The van der Waals surface area contributed by atoms with Crippen LogP contribution < -0.4 is 5.32 Å². The van der Waals surface area contributed by atoms with E-state index in [2.05, 4.69) is 42.0 Å². The van der Waals surface area contributed by atoms with Gasteiger partial charge in [0, 0.05) is 23.5 Å². The third-order valence-electron chi connectivity index (χ3n) is 1.89. The van der Waals surface area contributed by atoms with Gasteiger partial charge in [0.1, 0.15) is 0 Å². The molecule has 0 fully saturated rings. The fourth-order valence-electron chi connectivity index (χ4n) is 1.24. The lowest BCUT2D eigenvalue weighted by Gasteiger charge is -2.22. The first-order valence-corrected chi connectivity index (χ1v) is 7.56. The second-order valence-corrected chi connectivity index (χ2v) is 7.19. The Labute approximate surface area is 106 Å². The molecule has 1 unspecified atom stereocenters. The molecule has 0 saturated carbocycles. The van der Waals surface area contributed by atoms with E-state index in [-0.39, 0.29) is 5.91 Å². The third-order valence-corrected chi connectivity index (χ3v) is 3.15. The van der Waals surface area contributed by atoms with Crippen LogP contribution in [0.25, 0.3) is 0 Å². The van der Waals surface area contributed by atoms with Gasteiger partial charge in [-0.3, -0.25) is 4.79 Å². The molecule has 0 aromatic rings. The van der Waals surface area contributed by atoms with Gasteiger partial charge < -0.3 is 5.32 Å². The number of hydrogen-bond acceptors (Lipinski definition) is 2. The summed E-state index contributed by atoms with van der Waals surface area (Å²) in [6.45, 7) is 7.34. The SMILES string of the molecule is CSCCC(=O)NCC(Br)CC(C)(C)C. The number of carbonyl (C=O) groups excluding carboxylic acids is 1. The van der Waals surface area contributed by atoms with Crippen molar-refractivity contribution in [3.05, 3.63) is 0 Å². The first-order chi connectivity index (χ1) is 6.85. The number of halogens is 1. The molecule has 0 aliphatic heterocycles. The van der Waals surface area contributed by atoms with Crippen molar-refractivity contribution in [3.63, 3.8) is 0 Å². The van der Waals surface area contributed by atoms with Crippen molar-refractivity contribution in [2.45, 2.75) is 38.4 Å². The van der Waals surface area contributed by atoms with Crippen molar-refractivity contribution >= 4 is 33.6 Å². The van der Waals surface area contributed by atoms with Crippen molar-refractivity contribution in [2.75, 3.05) is 18.6 Å². The van der Waals surface area contributed by atoms with Gasteiger partial charge in [0.25, 0.3) is 0 Å². The Bertz CT molecular complexity index is 192. The van der Waals surface area contributed by atoms with Gasteiger partial charge in [-0.05, 0) is 18.1 Å². The number of alkyl halides is 1. The van der Waals surface area contributed by atoms with E-state index in [0.29, 0.717) is 16.7 Å². The lowest BCUT2D eigenvalue weighted by molar-refractivity contribution is -0.120. The number of thioether (sulfide) groups is 1. The Hall–Kier alpha value is 0.300. The van der Waals surface area contributed by atoms with Gasteiger partial charge >= 0.3 is 0 Å². The topological polar surface area (TPSA) is 29.1 Å². The summed E-state index contributed by atoms with van der Waals surface area (Å²) in [5, 5.41) is 2.94. The van der Waals surface area contributed by atoms with Gasteiger partial charge in [-0.1, -0.05) is 36.7 Å². The smallest absolute Gasteiger partial charge is 0.220 e. The normalized spacial score (nSPS) is 13.7. The zero-order chi connectivity index (χ0) is 11.9. The summed E-state index contributed by atoms with van der Waals surface area (Å²) in [7, 11) is 0. The number of rotatable bonds is 6. The molecule has 0 rings (SSSR count). The summed E-state index contributed by atoms with van der Waals surface area (Å²) in [6.07, 6.45) is 3.70. The van der Waals surface area contributed by atoms with E-state index in [4.69, 9.17) is 0 Å². The van der Waals surface area contributed by atoms with E-state index in [1.165, 1.54) is 0 Å². The Morgan fingerprint density at radius 1 is 1.47 bits per heavy atom. The molecule has 0 heterocycles. The highest BCUT2D eigenvalue weighted by Gasteiger charge is 2.16. The van der Waals surface area contributed by atoms with Crippen LogP contribution in [0, 0.1) is 5.41 Å². The lowest BCUT2D eigenvalue weighted by atomic mass is 9.90. The van der Waals surface area contributed by atoms with E-state index >= 15 is 0 Å². The molecule has 0 spiro atoms. The molecule has 0 radical (unpaired) electrons. The number of amides is 1. The van der Waals surface area contributed by atoms with Crippen LogP contribution in [0.2, 0.25) is 0 Å². The molecule has 2 nitrogen and oxygen atoms in total. The molecule has 0 saturated heterocycles. The van der Waals surface area contributed by atoms with E-state index in [0.717, 1.165) is 18.7 Å². The molecule has 90 valence electrons. The average Bonchev–Trinajstić information content (AvgIpc) is 2.08. The van der Waals surface area contributed by atoms with Crippen molar-refractivity contribution in [1.29, 1.82) is 0 Å². The van der Waals surface area contributed by atoms with E-state index in [9.17, 15) is 4.79 Å². The van der Waals surface area contributed by atoms with Gasteiger partial charge in [-0.2, -0.15) is 11.8 Å². The number of carbonyl (C=O) groups is 1. The van der Waals surface area contributed by atoms with Crippen LogP contribution in [0.5, 0.6) is 0 Å². The second kappa shape index (κ2) is 7.55. The largest absolute Gasteiger partial charge is 0.355 e. The average molecular weight is 296 g/mol. The standard InChI is InChI=1S/C11H22BrNOS/c1-11(2,3)7-9(12)8-13-10(14)5-6-15-4/h9H,5-8H2,1-4H3,(H,13,14). The highest BCUT2D eigenvalue weighted by molar-refractivity contribution is 9.09. The molecule has 4 heteroatoms.